The van der Waals surface area contributed by atoms with E-state index in [1.165, 1.54) is 11.1 Å². The lowest BCUT2D eigenvalue weighted by molar-refractivity contribution is -0.571. The zero-order valence-corrected chi connectivity index (χ0v) is 38.6. The number of rotatable bonds is 12. The molecule has 0 bridgehead atoms. The number of nitrogens with zero attached hydrogens (tertiary/aromatic N) is 4. The van der Waals surface area contributed by atoms with Gasteiger partial charge in [-0.25, -0.2) is 4.98 Å². The minimum Gasteiger partial charge on any atom is -0.458 e. The first kappa shape index (κ1) is 35.1. The highest BCUT2D eigenvalue weighted by atomic mass is 16.5. The van der Waals surface area contributed by atoms with E-state index < -0.39 is 29.9 Å². The van der Waals surface area contributed by atoms with Crippen molar-refractivity contribution >= 4 is 32.8 Å². The molecule has 0 aliphatic carbocycles. The molecule has 328 valence electrons. The molecule has 0 spiro atoms. The smallest absolute Gasteiger partial charge is 0.269 e. The van der Waals surface area contributed by atoms with Gasteiger partial charge in [-0.2, -0.15) is 0 Å². The van der Waals surface area contributed by atoms with Crippen LogP contribution in [0.5, 0.6) is 11.5 Å². The van der Waals surface area contributed by atoms with Gasteiger partial charge in [-0.15, -0.1) is 0 Å². The number of hydrogen-bond donors (Lipinski definition) is 0. The number of pyridine rings is 1. The number of imidazole rings is 1. The van der Waals surface area contributed by atoms with Crippen LogP contribution in [0.2, 0.25) is 0 Å². The quantitative estimate of drug-likeness (QED) is 0.0906. The molecule has 5 nitrogen and oxygen atoms in total. The molecule has 0 atom stereocenters. The monoisotopic (exact) mass is 870 g/mol. The highest BCUT2D eigenvalue weighted by molar-refractivity contribution is 6.09. The maximum Gasteiger partial charge on any atom is 0.269 e. The van der Waals surface area contributed by atoms with Crippen LogP contribution in [-0.2, 0) is 19.2 Å². The molecule has 0 amide bonds. The zero-order chi connectivity index (χ0) is 51.7. The summed E-state index contributed by atoms with van der Waals surface area (Å²) in [6, 6.07) is 44.3. The van der Waals surface area contributed by atoms with Gasteiger partial charge < -0.3 is 4.74 Å². The summed E-state index contributed by atoms with van der Waals surface area (Å²) in [5, 5.41) is 2.04. The Labute approximate surface area is 399 Å². The van der Waals surface area contributed by atoms with E-state index in [9.17, 15) is 2.74 Å². The Balaban J connectivity index is 1.12. The van der Waals surface area contributed by atoms with E-state index in [0.717, 1.165) is 62.5 Å². The first-order valence-electron chi connectivity index (χ1n) is 26.4. The summed E-state index contributed by atoms with van der Waals surface area (Å²) in [7, 11) is 0. The molecule has 10 rings (SSSR count). The molecule has 0 radical (unpaired) electrons. The molecule has 0 aliphatic rings. The normalized spacial score (nSPS) is 13.7. The van der Waals surface area contributed by atoms with Gasteiger partial charge in [-0.1, -0.05) is 164 Å². The maximum atomic E-state index is 9.20. The Morgan fingerprint density at radius 1 is 0.636 bits per heavy atom. The fourth-order valence-corrected chi connectivity index (χ4v) is 9.25. The molecule has 0 saturated heterocycles. The number of aromatic nitrogens is 4. The summed E-state index contributed by atoms with van der Waals surface area (Å²) in [6.45, 7) is 14.6. The first-order chi connectivity index (χ1) is 34.8. The van der Waals surface area contributed by atoms with E-state index in [4.69, 9.17) is 16.6 Å². The highest BCUT2D eigenvalue weighted by Crippen LogP contribution is 2.38. The van der Waals surface area contributed by atoms with E-state index in [-0.39, 0.29) is 17.6 Å². The van der Waals surface area contributed by atoms with Gasteiger partial charge in [0.15, 0.2) is 0 Å². The lowest BCUT2D eigenvalue weighted by Crippen LogP contribution is -2.31. The molecule has 0 unspecified atom stereocenters. The molecule has 66 heavy (non-hydrogen) atoms. The second-order valence-corrected chi connectivity index (χ2v) is 19.1. The van der Waals surface area contributed by atoms with Crippen molar-refractivity contribution in [2.24, 2.45) is 17.3 Å². The Morgan fingerprint density at radius 3 is 2.05 bits per heavy atom. The van der Waals surface area contributed by atoms with Crippen LogP contribution in [0.1, 0.15) is 74.8 Å². The van der Waals surface area contributed by atoms with Gasteiger partial charge in [0.25, 0.3) is 6.33 Å². The van der Waals surface area contributed by atoms with Crippen molar-refractivity contribution in [3.05, 3.63) is 199 Å². The van der Waals surface area contributed by atoms with Crippen molar-refractivity contribution in [3.8, 4) is 50.9 Å². The van der Waals surface area contributed by atoms with E-state index >= 15 is 0 Å². The molecule has 0 fully saturated rings. The van der Waals surface area contributed by atoms with Gasteiger partial charge in [-0.3, -0.25) is 13.7 Å². The van der Waals surface area contributed by atoms with Crippen LogP contribution in [0, 0.1) is 23.6 Å². The minimum absolute atomic E-state index is 0.113. The zero-order valence-electron chi connectivity index (χ0n) is 45.6. The van der Waals surface area contributed by atoms with Gasteiger partial charge in [0.05, 0.1) is 40.3 Å². The second-order valence-electron chi connectivity index (χ2n) is 19.1. The largest absolute Gasteiger partial charge is 0.458 e. The standard InChI is InChI=1S/C61H58N4O/c1-41(2)31-44-33-45(32-42(3)4)35-47(34-44)52-23-16-22-51(46-17-9-8-10-18-46)60(52)64-40-63(56-25-13-14-26-57(56)64)48-19-15-20-49(37-48)66-50-27-28-54-53-21-11-12-24-55(53)65(58(54)38-50)59-36-43(29-30-62-59)39-61(5,6)7/h8-30,33-38,41-42H,31-32,39H2,1-7H3/i8D,9D,10D,17D,18D,39D2. The van der Waals surface area contributed by atoms with Crippen LogP contribution in [0.15, 0.2) is 176 Å². The van der Waals surface area contributed by atoms with Crippen molar-refractivity contribution < 1.29 is 18.9 Å². The second kappa shape index (κ2) is 17.6. The predicted molar refractivity (Wildman–Crippen MR) is 273 cm³/mol. The summed E-state index contributed by atoms with van der Waals surface area (Å²) in [4.78, 5) is 4.78. The lowest BCUT2D eigenvalue weighted by Gasteiger charge is -2.19. The van der Waals surface area contributed by atoms with Crippen LogP contribution in [0.3, 0.4) is 0 Å². The number of hydrogen-bond acceptors (Lipinski definition) is 2. The number of benzene rings is 7. The van der Waals surface area contributed by atoms with Crippen molar-refractivity contribution in [1.82, 2.24) is 14.1 Å². The van der Waals surface area contributed by atoms with Crippen molar-refractivity contribution in [1.29, 1.82) is 0 Å². The Morgan fingerprint density at radius 2 is 1.30 bits per heavy atom. The number of ether oxygens (including phenoxy) is 1. The number of fused-ring (bicyclic) bond motifs is 4. The molecule has 0 aliphatic heterocycles. The van der Waals surface area contributed by atoms with E-state index in [0.29, 0.717) is 46.0 Å². The van der Waals surface area contributed by atoms with Gasteiger partial charge in [0.1, 0.15) is 17.3 Å². The minimum atomic E-state index is -1.61. The van der Waals surface area contributed by atoms with Crippen LogP contribution in [0.25, 0.3) is 72.3 Å². The van der Waals surface area contributed by atoms with E-state index in [1.807, 2.05) is 121 Å². The molecule has 0 N–H and O–H groups in total. The maximum absolute atomic E-state index is 9.20. The first-order valence-corrected chi connectivity index (χ1v) is 22.9. The van der Waals surface area contributed by atoms with Crippen LogP contribution in [0.4, 0.5) is 0 Å². The molecule has 10 aromatic rings. The van der Waals surface area contributed by atoms with Crippen LogP contribution < -0.4 is 9.30 Å². The SMILES string of the molecule is [2H]c1c([2H])c([2H])c(-c2cccc(-c3cc(CC(C)C)cc(CC(C)C)c3)c2-[n+]2[c-]n(-c3cccc(Oc4ccc5c6ccccc6n(-c6cc(C([2H])([2H])C(C)(C)C)ccn6)c5c4)c3)c3ccccc32)c([2H])c1[2H]. The molecule has 3 heterocycles. The van der Waals surface area contributed by atoms with Crippen molar-refractivity contribution in [2.45, 2.75) is 67.7 Å². The molecule has 0 saturated carbocycles. The lowest BCUT2D eigenvalue weighted by atomic mass is 9.88. The van der Waals surface area contributed by atoms with Gasteiger partial charge in [-0.05, 0) is 124 Å². The molecule has 5 heteroatoms. The third-order valence-corrected chi connectivity index (χ3v) is 11.7. The average molecular weight is 870 g/mol. The molecule has 3 aromatic heterocycles. The van der Waals surface area contributed by atoms with Crippen LogP contribution in [-0.4, -0.2) is 14.1 Å². The van der Waals surface area contributed by atoms with Gasteiger partial charge >= 0.3 is 0 Å². The third-order valence-electron chi connectivity index (χ3n) is 11.7. The fourth-order valence-electron chi connectivity index (χ4n) is 9.25. The summed E-state index contributed by atoms with van der Waals surface area (Å²) in [5.74, 6) is 2.62. The summed E-state index contributed by atoms with van der Waals surface area (Å²) < 4.78 is 75.1. The Kier molecular flexibility index (Phi) is 9.37. The van der Waals surface area contributed by atoms with Crippen LogP contribution >= 0.6 is 0 Å². The molecular weight excluding hydrogens is 805 g/mol. The molecular formula is C61H58N4O. The Hall–Kier alpha value is -7.24. The average Bonchev–Trinajstić information content (AvgIpc) is 3.90. The van der Waals surface area contributed by atoms with Gasteiger partial charge in [0.2, 0.25) is 0 Å². The summed E-state index contributed by atoms with van der Waals surface area (Å²) in [5.41, 5.74) is 9.55. The summed E-state index contributed by atoms with van der Waals surface area (Å²) >= 11 is 0. The van der Waals surface area contributed by atoms with E-state index in [2.05, 4.69) is 81.1 Å². The predicted octanol–water partition coefficient (Wildman–Crippen LogP) is 15.3. The van der Waals surface area contributed by atoms with Crippen molar-refractivity contribution in [2.75, 3.05) is 0 Å². The molecule has 7 aromatic carbocycles. The Bertz CT molecular complexity index is 3710. The third kappa shape index (κ3) is 8.66. The highest BCUT2D eigenvalue weighted by Gasteiger charge is 2.22. The van der Waals surface area contributed by atoms with Gasteiger partial charge in [0, 0.05) is 25.8 Å². The fraction of sp³-hybridized carbons (Fsp3) is 0.213. The number of para-hydroxylation sites is 4. The topological polar surface area (TPSA) is 35.9 Å². The van der Waals surface area contributed by atoms with Crippen molar-refractivity contribution in [3.63, 3.8) is 0 Å². The van der Waals surface area contributed by atoms with E-state index in [1.54, 1.807) is 12.3 Å². The summed E-state index contributed by atoms with van der Waals surface area (Å²) in [6.07, 6.45) is 5.51.